The fraction of sp³-hybridized carbons (Fsp3) is 0.308. The van der Waals surface area contributed by atoms with Crippen molar-refractivity contribution >= 4 is 27.8 Å². The number of amidine groups is 1. The molecule has 0 amide bonds. The third-order valence-corrected chi connectivity index (χ3v) is 3.42. The molecule has 0 bridgehead atoms. The number of aliphatic imine (C=N–C) groups is 1. The van der Waals surface area contributed by atoms with Crippen molar-refractivity contribution in [1.29, 1.82) is 0 Å². The number of aromatic amines is 1. The van der Waals surface area contributed by atoms with Crippen LogP contribution in [0.5, 0.6) is 0 Å². The number of nitrogens with one attached hydrogen (secondary N) is 1. The summed E-state index contributed by atoms with van der Waals surface area (Å²) in [5.41, 5.74) is 6.29. The highest BCUT2D eigenvalue weighted by Gasteiger charge is 2.04. The minimum absolute atomic E-state index is 0.138. The second-order valence-electron chi connectivity index (χ2n) is 4.03. The molecule has 0 unspecified atom stereocenters. The van der Waals surface area contributed by atoms with Crippen molar-refractivity contribution in [1.82, 2.24) is 9.97 Å². The summed E-state index contributed by atoms with van der Waals surface area (Å²) in [6.45, 7) is 1.06. The third-order valence-electron chi connectivity index (χ3n) is 2.58. The summed E-state index contributed by atoms with van der Waals surface area (Å²) in [7, 11) is 1.61. The molecule has 106 valence electrons. The average molecular weight is 292 g/mol. The molecule has 7 heteroatoms. The van der Waals surface area contributed by atoms with E-state index in [9.17, 15) is 4.79 Å². The Kier molecular flexibility index (Phi) is 5.14. The van der Waals surface area contributed by atoms with Crippen LogP contribution in [-0.4, -0.2) is 35.4 Å². The van der Waals surface area contributed by atoms with Crippen molar-refractivity contribution in [2.24, 2.45) is 10.7 Å². The number of nitrogens with two attached hydrogens (primary N) is 1. The lowest BCUT2D eigenvalue weighted by atomic mass is 10.2. The van der Waals surface area contributed by atoms with E-state index in [0.717, 1.165) is 0 Å². The van der Waals surface area contributed by atoms with Gasteiger partial charge in [-0.1, -0.05) is 23.9 Å². The van der Waals surface area contributed by atoms with Crippen LogP contribution >= 0.6 is 11.8 Å². The minimum atomic E-state index is -0.138. The average Bonchev–Trinajstić information content (AvgIpc) is 2.45. The number of thioether (sulfide) groups is 1. The second-order valence-corrected chi connectivity index (χ2v) is 5.03. The third kappa shape index (κ3) is 3.82. The molecule has 2 aromatic rings. The van der Waals surface area contributed by atoms with Crippen molar-refractivity contribution in [2.75, 3.05) is 20.3 Å². The Bertz CT molecular complexity index is 669. The number of nitrogens with zero attached hydrogens (tertiary/aromatic N) is 2. The zero-order chi connectivity index (χ0) is 14.4. The largest absolute Gasteiger partial charge is 0.383 e. The summed E-state index contributed by atoms with van der Waals surface area (Å²) >= 11 is 1.34. The van der Waals surface area contributed by atoms with E-state index in [2.05, 4.69) is 15.0 Å². The predicted molar refractivity (Wildman–Crippen MR) is 82.0 cm³/mol. The lowest BCUT2D eigenvalue weighted by Crippen LogP contribution is -2.13. The van der Waals surface area contributed by atoms with Crippen molar-refractivity contribution in [3.63, 3.8) is 0 Å². The van der Waals surface area contributed by atoms with E-state index in [1.807, 2.05) is 18.2 Å². The first kappa shape index (κ1) is 14.5. The lowest BCUT2D eigenvalue weighted by molar-refractivity contribution is 0.208. The molecule has 0 spiro atoms. The second kappa shape index (κ2) is 7.06. The highest BCUT2D eigenvalue weighted by molar-refractivity contribution is 8.13. The number of H-pyrrole nitrogens is 1. The van der Waals surface area contributed by atoms with Gasteiger partial charge in [0, 0.05) is 7.11 Å². The zero-order valence-electron chi connectivity index (χ0n) is 11.1. The highest BCUT2D eigenvalue weighted by atomic mass is 32.2. The molecule has 3 N–H and O–H groups in total. The number of fused-ring (bicyclic) bond motifs is 1. The fourth-order valence-corrected chi connectivity index (χ4v) is 2.24. The van der Waals surface area contributed by atoms with E-state index in [-0.39, 0.29) is 5.56 Å². The van der Waals surface area contributed by atoms with E-state index in [1.165, 1.54) is 11.8 Å². The number of hydrogen-bond acceptors (Lipinski definition) is 5. The van der Waals surface area contributed by atoms with E-state index in [4.69, 9.17) is 10.5 Å². The number of hydrogen-bond donors (Lipinski definition) is 2. The van der Waals surface area contributed by atoms with Crippen molar-refractivity contribution < 1.29 is 4.74 Å². The van der Waals surface area contributed by atoms with E-state index in [1.54, 1.807) is 13.2 Å². The van der Waals surface area contributed by atoms with Crippen molar-refractivity contribution in [2.45, 2.75) is 5.75 Å². The Morgan fingerprint density at radius 1 is 1.50 bits per heavy atom. The Labute approximate surface area is 120 Å². The summed E-state index contributed by atoms with van der Waals surface area (Å²) in [5, 5.41) is 1.04. The van der Waals surface area contributed by atoms with Crippen LogP contribution in [0, 0.1) is 0 Å². The van der Waals surface area contributed by atoms with E-state index in [0.29, 0.717) is 40.8 Å². The van der Waals surface area contributed by atoms with Gasteiger partial charge in [-0.15, -0.1) is 0 Å². The topological polar surface area (TPSA) is 93.4 Å². The number of para-hydroxylation sites is 1. The Morgan fingerprint density at radius 3 is 3.10 bits per heavy atom. The van der Waals surface area contributed by atoms with Crippen LogP contribution in [0.25, 0.3) is 10.9 Å². The van der Waals surface area contributed by atoms with Crippen LogP contribution in [0.1, 0.15) is 5.82 Å². The summed E-state index contributed by atoms with van der Waals surface area (Å²) in [4.78, 5) is 23.1. The van der Waals surface area contributed by atoms with Gasteiger partial charge in [0.15, 0.2) is 5.17 Å². The smallest absolute Gasteiger partial charge is 0.258 e. The Balaban J connectivity index is 2.07. The van der Waals surface area contributed by atoms with Gasteiger partial charge < -0.3 is 15.5 Å². The molecule has 2 rings (SSSR count). The Hall–Kier alpha value is -1.86. The first-order valence-corrected chi connectivity index (χ1v) is 7.09. The van der Waals surface area contributed by atoms with E-state index >= 15 is 0 Å². The molecule has 0 fully saturated rings. The summed E-state index contributed by atoms with van der Waals surface area (Å²) < 4.78 is 4.89. The van der Waals surface area contributed by atoms with Crippen LogP contribution in [0.15, 0.2) is 34.1 Å². The van der Waals surface area contributed by atoms with Crippen LogP contribution in [0.2, 0.25) is 0 Å². The van der Waals surface area contributed by atoms with Crippen molar-refractivity contribution in [3.8, 4) is 0 Å². The summed E-state index contributed by atoms with van der Waals surface area (Å²) in [6.07, 6.45) is 0. The maximum Gasteiger partial charge on any atom is 0.258 e. The van der Waals surface area contributed by atoms with E-state index < -0.39 is 0 Å². The van der Waals surface area contributed by atoms with Gasteiger partial charge in [-0.3, -0.25) is 9.79 Å². The van der Waals surface area contributed by atoms with Gasteiger partial charge in [-0.25, -0.2) is 4.98 Å². The lowest BCUT2D eigenvalue weighted by Gasteiger charge is -2.03. The first-order valence-electron chi connectivity index (χ1n) is 6.10. The van der Waals surface area contributed by atoms with Gasteiger partial charge in [0.2, 0.25) is 0 Å². The number of methoxy groups -OCH3 is 1. The van der Waals surface area contributed by atoms with Gasteiger partial charge in [0.25, 0.3) is 5.56 Å². The predicted octanol–water partition coefficient (Wildman–Crippen LogP) is 1.12. The normalized spacial score (nSPS) is 11.9. The standard InChI is InChI=1S/C13H16N4O2S/c1-19-7-6-15-13(14)20-8-11-16-10-5-3-2-4-9(10)12(18)17-11/h2-5H,6-8H2,1H3,(H2,14,15)(H,16,17,18). The summed E-state index contributed by atoms with van der Waals surface area (Å²) in [5.74, 6) is 1.06. The maximum atomic E-state index is 11.9. The first-order chi connectivity index (χ1) is 9.70. The van der Waals surface area contributed by atoms with Gasteiger partial charge in [0.05, 0.1) is 29.8 Å². The number of aromatic nitrogens is 2. The molecule has 0 saturated heterocycles. The molecule has 1 heterocycles. The zero-order valence-corrected chi connectivity index (χ0v) is 11.9. The van der Waals surface area contributed by atoms with Crippen molar-refractivity contribution in [3.05, 3.63) is 40.4 Å². The molecule has 1 aromatic carbocycles. The quantitative estimate of drug-likeness (QED) is 0.489. The Morgan fingerprint density at radius 2 is 2.30 bits per heavy atom. The number of ether oxygens (including phenoxy) is 1. The molecule has 0 aliphatic heterocycles. The van der Waals surface area contributed by atoms with Crippen LogP contribution < -0.4 is 11.3 Å². The van der Waals surface area contributed by atoms with Crippen LogP contribution in [0.3, 0.4) is 0 Å². The molecule has 6 nitrogen and oxygen atoms in total. The molecular formula is C13H16N4O2S. The molecular weight excluding hydrogens is 276 g/mol. The van der Waals surface area contributed by atoms with Crippen LogP contribution in [-0.2, 0) is 10.5 Å². The highest BCUT2D eigenvalue weighted by Crippen LogP contribution is 2.11. The molecule has 0 aliphatic rings. The molecule has 0 atom stereocenters. The molecule has 0 radical (unpaired) electrons. The molecule has 0 saturated carbocycles. The monoisotopic (exact) mass is 292 g/mol. The van der Waals surface area contributed by atoms with Gasteiger partial charge in [-0.2, -0.15) is 0 Å². The number of rotatable bonds is 5. The molecule has 20 heavy (non-hydrogen) atoms. The minimum Gasteiger partial charge on any atom is -0.383 e. The van der Waals surface area contributed by atoms with Gasteiger partial charge >= 0.3 is 0 Å². The van der Waals surface area contributed by atoms with Crippen LogP contribution in [0.4, 0.5) is 0 Å². The molecule has 0 aliphatic carbocycles. The number of benzene rings is 1. The van der Waals surface area contributed by atoms with Gasteiger partial charge in [0.1, 0.15) is 5.82 Å². The molecule has 1 aromatic heterocycles. The van der Waals surface area contributed by atoms with Gasteiger partial charge in [-0.05, 0) is 12.1 Å². The maximum absolute atomic E-state index is 11.9. The SMILES string of the molecule is COCCN=C(N)SCc1nc2ccccc2c(=O)[nH]1. The summed E-state index contributed by atoms with van der Waals surface area (Å²) in [6, 6.07) is 7.23. The fourth-order valence-electron chi connectivity index (χ4n) is 1.64.